The largest absolute Gasteiger partial charge is 0.350 e. The van der Waals surface area contributed by atoms with Crippen LogP contribution in [0.25, 0.3) is 0 Å². The number of nitrogens with one attached hydrogen (secondary N) is 1. The van der Waals surface area contributed by atoms with E-state index < -0.39 is 0 Å². The number of halogens is 1. The molecule has 2 atom stereocenters. The minimum absolute atomic E-state index is 0.491. The van der Waals surface area contributed by atoms with Gasteiger partial charge in [0.25, 0.3) is 0 Å². The highest BCUT2D eigenvalue weighted by Gasteiger charge is 2.24. The Morgan fingerprint density at radius 1 is 1.31 bits per heavy atom. The molecule has 1 aliphatic carbocycles. The monoisotopic (exact) mass is 257 g/mol. The Labute approximate surface area is 105 Å². The van der Waals surface area contributed by atoms with Gasteiger partial charge in [-0.1, -0.05) is 24.4 Å². The number of nitrogens with zero attached hydrogens (tertiary/aromatic N) is 2. The number of hydrogen-bond donors (Lipinski definition) is 1. The lowest BCUT2D eigenvalue weighted by molar-refractivity contribution is 0.473. The number of aromatic nitrogens is 2. The highest BCUT2D eigenvalue weighted by molar-refractivity contribution is 7.99. The second kappa shape index (κ2) is 5.73. The average molecular weight is 258 g/mol. The quantitative estimate of drug-likeness (QED) is 0.902. The van der Waals surface area contributed by atoms with E-state index in [0.717, 1.165) is 0 Å². The maximum atomic E-state index is 5.75. The molecule has 88 valence electrons. The summed E-state index contributed by atoms with van der Waals surface area (Å²) < 4.78 is 0. The normalized spacial score (nSPS) is 25.4. The lowest BCUT2D eigenvalue weighted by Crippen LogP contribution is -2.34. The third-order valence-electron chi connectivity index (χ3n) is 2.94. The molecule has 1 N–H and O–H groups in total. The summed E-state index contributed by atoms with van der Waals surface area (Å²) in [7, 11) is 0. The van der Waals surface area contributed by atoms with E-state index in [4.69, 9.17) is 11.6 Å². The molecule has 1 saturated carbocycles. The summed E-state index contributed by atoms with van der Waals surface area (Å²) >= 11 is 7.69. The number of anilines is 1. The molecular formula is C11H16ClN3S. The topological polar surface area (TPSA) is 37.8 Å². The smallest absolute Gasteiger partial charge is 0.222 e. The van der Waals surface area contributed by atoms with Crippen molar-refractivity contribution in [1.82, 2.24) is 9.97 Å². The van der Waals surface area contributed by atoms with Crippen molar-refractivity contribution >= 4 is 29.3 Å². The molecule has 0 aliphatic heterocycles. The Bertz CT molecular complexity index is 331. The predicted molar refractivity (Wildman–Crippen MR) is 70.2 cm³/mol. The van der Waals surface area contributed by atoms with Crippen LogP contribution in [-0.2, 0) is 0 Å². The van der Waals surface area contributed by atoms with Crippen molar-refractivity contribution in [2.24, 2.45) is 0 Å². The van der Waals surface area contributed by atoms with Crippen LogP contribution in [0.1, 0.15) is 25.7 Å². The first-order chi connectivity index (χ1) is 7.79. The second-order valence-electron chi connectivity index (χ2n) is 4.03. The Morgan fingerprint density at radius 3 is 2.69 bits per heavy atom. The van der Waals surface area contributed by atoms with Gasteiger partial charge in [0, 0.05) is 11.3 Å². The number of rotatable bonds is 3. The van der Waals surface area contributed by atoms with Gasteiger partial charge in [0.05, 0.1) is 17.4 Å². The van der Waals surface area contributed by atoms with E-state index in [-0.39, 0.29) is 0 Å². The maximum absolute atomic E-state index is 5.75. The van der Waals surface area contributed by atoms with Gasteiger partial charge in [-0.05, 0) is 19.1 Å². The van der Waals surface area contributed by atoms with Crippen LogP contribution in [0, 0.1) is 0 Å². The Kier molecular flexibility index (Phi) is 4.29. The van der Waals surface area contributed by atoms with Gasteiger partial charge < -0.3 is 5.32 Å². The molecule has 1 aliphatic rings. The summed E-state index contributed by atoms with van der Waals surface area (Å²) in [5.41, 5.74) is 0. The molecule has 3 nitrogen and oxygen atoms in total. The third kappa shape index (κ3) is 3.01. The van der Waals surface area contributed by atoms with E-state index in [1.165, 1.54) is 25.7 Å². The van der Waals surface area contributed by atoms with Gasteiger partial charge in [-0.15, -0.1) is 0 Å². The van der Waals surface area contributed by atoms with Gasteiger partial charge in [-0.2, -0.15) is 11.8 Å². The number of hydrogen-bond acceptors (Lipinski definition) is 4. The first-order valence-corrected chi connectivity index (χ1v) is 7.23. The van der Waals surface area contributed by atoms with Crippen LogP contribution < -0.4 is 5.32 Å². The van der Waals surface area contributed by atoms with Crippen molar-refractivity contribution in [2.75, 3.05) is 11.6 Å². The summed E-state index contributed by atoms with van der Waals surface area (Å²) in [6, 6.07) is 0.491. The summed E-state index contributed by atoms with van der Waals surface area (Å²) in [5.74, 6) is 0.690. The molecule has 1 aromatic rings. The molecule has 2 unspecified atom stereocenters. The lowest BCUT2D eigenvalue weighted by Gasteiger charge is -2.30. The summed E-state index contributed by atoms with van der Waals surface area (Å²) in [6.07, 6.45) is 10.6. The van der Waals surface area contributed by atoms with Crippen molar-refractivity contribution in [3.8, 4) is 0 Å². The molecule has 0 aromatic carbocycles. The van der Waals surface area contributed by atoms with E-state index in [1.807, 2.05) is 11.8 Å². The van der Waals surface area contributed by atoms with Gasteiger partial charge in [0.15, 0.2) is 0 Å². The van der Waals surface area contributed by atoms with Crippen molar-refractivity contribution in [2.45, 2.75) is 37.0 Å². The zero-order valence-electron chi connectivity index (χ0n) is 9.32. The predicted octanol–water partition coefficient (Wildman–Crippen LogP) is 3.22. The lowest BCUT2D eigenvalue weighted by atomic mass is 9.95. The Morgan fingerprint density at radius 2 is 2.00 bits per heavy atom. The molecule has 0 bridgehead atoms. The minimum atomic E-state index is 0.491. The van der Waals surface area contributed by atoms with Gasteiger partial charge in [0.1, 0.15) is 0 Å². The molecule has 5 heteroatoms. The van der Waals surface area contributed by atoms with Gasteiger partial charge in [0.2, 0.25) is 5.95 Å². The molecular weight excluding hydrogens is 242 g/mol. The zero-order chi connectivity index (χ0) is 11.4. The molecule has 1 heterocycles. The van der Waals surface area contributed by atoms with Gasteiger partial charge in [-0.3, -0.25) is 0 Å². The van der Waals surface area contributed by atoms with Crippen LogP contribution in [0.3, 0.4) is 0 Å². The van der Waals surface area contributed by atoms with E-state index in [0.29, 0.717) is 22.3 Å². The minimum Gasteiger partial charge on any atom is -0.350 e. The summed E-state index contributed by atoms with van der Waals surface area (Å²) in [6.45, 7) is 0. The third-order valence-corrected chi connectivity index (χ3v) is 4.31. The fourth-order valence-electron chi connectivity index (χ4n) is 2.10. The fraction of sp³-hybridized carbons (Fsp3) is 0.636. The maximum Gasteiger partial charge on any atom is 0.222 e. The SMILES string of the molecule is CSC1CCCCC1Nc1ncc(Cl)cn1. The van der Waals surface area contributed by atoms with E-state index in [1.54, 1.807) is 12.4 Å². The molecule has 0 spiro atoms. The summed E-state index contributed by atoms with van der Waals surface area (Å²) in [4.78, 5) is 8.36. The first-order valence-electron chi connectivity index (χ1n) is 5.56. The van der Waals surface area contributed by atoms with Gasteiger partial charge in [-0.25, -0.2) is 9.97 Å². The first kappa shape index (κ1) is 12.0. The van der Waals surface area contributed by atoms with E-state index in [9.17, 15) is 0 Å². The van der Waals surface area contributed by atoms with Crippen molar-refractivity contribution in [1.29, 1.82) is 0 Å². The highest BCUT2D eigenvalue weighted by atomic mass is 35.5. The fourth-order valence-corrected chi connectivity index (χ4v) is 3.13. The molecule has 1 aromatic heterocycles. The molecule has 0 saturated heterocycles. The standard InChI is InChI=1S/C11H16ClN3S/c1-16-10-5-3-2-4-9(10)15-11-13-6-8(12)7-14-11/h6-7,9-10H,2-5H2,1H3,(H,13,14,15). The zero-order valence-corrected chi connectivity index (χ0v) is 10.9. The van der Waals surface area contributed by atoms with Crippen LogP contribution in [-0.4, -0.2) is 27.5 Å². The van der Waals surface area contributed by atoms with Crippen LogP contribution in [0.4, 0.5) is 5.95 Å². The van der Waals surface area contributed by atoms with Crippen molar-refractivity contribution in [3.05, 3.63) is 17.4 Å². The van der Waals surface area contributed by atoms with Crippen LogP contribution >= 0.6 is 23.4 Å². The molecule has 16 heavy (non-hydrogen) atoms. The average Bonchev–Trinajstić information content (AvgIpc) is 2.33. The van der Waals surface area contributed by atoms with Crippen molar-refractivity contribution < 1.29 is 0 Å². The van der Waals surface area contributed by atoms with Crippen LogP contribution in [0.2, 0.25) is 5.02 Å². The molecule has 0 radical (unpaired) electrons. The molecule has 2 rings (SSSR count). The summed E-state index contributed by atoms with van der Waals surface area (Å²) in [5, 5.41) is 4.66. The van der Waals surface area contributed by atoms with Crippen LogP contribution in [0.15, 0.2) is 12.4 Å². The van der Waals surface area contributed by atoms with Gasteiger partial charge >= 0.3 is 0 Å². The molecule has 0 amide bonds. The molecule has 1 fully saturated rings. The van der Waals surface area contributed by atoms with Crippen molar-refractivity contribution in [3.63, 3.8) is 0 Å². The second-order valence-corrected chi connectivity index (χ2v) is 5.55. The van der Waals surface area contributed by atoms with Crippen LogP contribution in [0.5, 0.6) is 0 Å². The number of thioether (sulfide) groups is 1. The van der Waals surface area contributed by atoms with E-state index in [2.05, 4.69) is 21.5 Å². The Hall–Kier alpha value is -0.480. The highest BCUT2D eigenvalue weighted by Crippen LogP contribution is 2.28. The Balaban J connectivity index is 1.99. The van der Waals surface area contributed by atoms with E-state index >= 15 is 0 Å².